The van der Waals surface area contributed by atoms with Crippen LogP contribution < -0.4 is 21.5 Å². The second-order valence-corrected chi connectivity index (χ2v) is 9.10. The van der Waals surface area contributed by atoms with Gasteiger partial charge in [0.25, 0.3) is 5.56 Å². The summed E-state index contributed by atoms with van der Waals surface area (Å²) < 4.78 is 7.60. The number of amides is 1. The molecule has 0 unspecified atom stereocenters. The van der Waals surface area contributed by atoms with Crippen LogP contribution in [0.15, 0.2) is 46.5 Å². The van der Waals surface area contributed by atoms with Crippen molar-refractivity contribution in [3.8, 4) is 0 Å². The van der Waals surface area contributed by atoms with Gasteiger partial charge in [-0.3, -0.25) is 18.7 Å². The molecule has 1 aromatic carbocycles. The minimum absolute atomic E-state index is 0.0216. The summed E-state index contributed by atoms with van der Waals surface area (Å²) in [5.41, 5.74) is -0.190. The highest BCUT2D eigenvalue weighted by molar-refractivity contribution is 7.22. The first-order chi connectivity index (χ1) is 16.9. The fourth-order valence-corrected chi connectivity index (χ4v) is 5.08. The average molecular weight is 498 g/mol. The maximum atomic E-state index is 13.2. The van der Waals surface area contributed by atoms with Crippen LogP contribution in [0.25, 0.3) is 10.3 Å². The SMILES string of the molecule is C=CCn1c(=O)c2sc(N3CCCCC3)nc2n(CC(=O)Nc2cccc(C(=O)OCC)c2)c1=O. The lowest BCUT2D eigenvalue weighted by Crippen LogP contribution is -2.41. The van der Waals surface area contributed by atoms with Crippen LogP contribution in [0.1, 0.15) is 36.5 Å². The molecule has 0 atom stereocenters. The summed E-state index contributed by atoms with van der Waals surface area (Å²) in [4.78, 5) is 57.8. The van der Waals surface area contributed by atoms with E-state index in [4.69, 9.17) is 4.74 Å². The van der Waals surface area contributed by atoms with E-state index < -0.39 is 23.1 Å². The molecule has 4 rings (SSSR count). The van der Waals surface area contributed by atoms with Gasteiger partial charge < -0.3 is 15.0 Å². The fraction of sp³-hybridized carbons (Fsp3) is 0.375. The summed E-state index contributed by atoms with van der Waals surface area (Å²) in [6.45, 7) is 6.93. The summed E-state index contributed by atoms with van der Waals surface area (Å²) >= 11 is 1.24. The number of aromatic nitrogens is 3. The van der Waals surface area contributed by atoms with Crippen LogP contribution in [0.2, 0.25) is 0 Å². The van der Waals surface area contributed by atoms with Crippen LogP contribution in [0, 0.1) is 0 Å². The minimum atomic E-state index is -0.631. The average Bonchev–Trinajstić information content (AvgIpc) is 3.31. The van der Waals surface area contributed by atoms with E-state index in [-0.39, 0.29) is 25.3 Å². The van der Waals surface area contributed by atoms with Gasteiger partial charge in [-0.25, -0.2) is 14.6 Å². The molecule has 3 heterocycles. The summed E-state index contributed by atoms with van der Waals surface area (Å²) in [7, 11) is 0. The molecule has 0 aliphatic carbocycles. The molecule has 1 fully saturated rings. The third kappa shape index (κ3) is 5.19. The highest BCUT2D eigenvalue weighted by atomic mass is 32.1. The van der Waals surface area contributed by atoms with Crippen molar-refractivity contribution >= 4 is 44.4 Å². The predicted molar refractivity (Wildman–Crippen MR) is 135 cm³/mol. The van der Waals surface area contributed by atoms with Crippen molar-refractivity contribution in [2.75, 3.05) is 29.9 Å². The Balaban J connectivity index is 1.68. The lowest BCUT2D eigenvalue weighted by atomic mass is 10.1. The van der Waals surface area contributed by atoms with Crippen molar-refractivity contribution in [1.82, 2.24) is 14.1 Å². The topological polar surface area (TPSA) is 116 Å². The molecule has 2 aromatic heterocycles. The second-order valence-electron chi connectivity index (χ2n) is 8.12. The van der Waals surface area contributed by atoms with E-state index in [9.17, 15) is 19.2 Å². The Morgan fingerprint density at radius 2 is 1.97 bits per heavy atom. The van der Waals surface area contributed by atoms with Gasteiger partial charge in [-0.2, -0.15) is 0 Å². The third-order valence-electron chi connectivity index (χ3n) is 5.65. The molecule has 0 spiro atoms. The zero-order valence-corrected chi connectivity index (χ0v) is 20.3. The van der Waals surface area contributed by atoms with Crippen LogP contribution in [0.3, 0.4) is 0 Å². The molecular formula is C24H27N5O5S. The third-order valence-corrected chi connectivity index (χ3v) is 6.75. The molecule has 1 saturated heterocycles. The van der Waals surface area contributed by atoms with Gasteiger partial charge in [0.15, 0.2) is 10.8 Å². The van der Waals surface area contributed by atoms with Crippen LogP contribution in [0.5, 0.6) is 0 Å². The number of carbonyl (C=O) groups is 2. The molecule has 0 saturated carbocycles. The smallest absolute Gasteiger partial charge is 0.338 e. The summed E-state index contributed by atoms with van der Waals surface area (Å²) in [6, 6.07) is 6.35. The quantitative estimate of drug-likeness (QED) is 0.376. The standard InChI is InChI=1S/C24H27N5O5S/c1-3-11-28-21(31)19-20(26-23(35-19)27-12-6-5-7-13-27)29(24(28)33)15-18(30)25-17-10-8-9-16(14-17)22(32)34-4-2/h3,8-10,14H,1,4-7,11-13,15H2,2H3,(H,25,30). The maximum absolute atomic E-state index is 13.2. The number of nitrogens with zero attached hydrogens (tertiary/aromatic N) is 4. The largest absolute Gasteiger partial charge is 0.462 e. The maximum Gasteiger partial charge on any atom is 0.338 e. The Kier molecular flexibility index (Phi) is 7.45. The second kappa shape index (κ2) is 10.7. The molecule has 0 radical (unpaired) electrons. The fourth-order valence-electron chi connectivity index (χ4n) is 4.00. The van der Waals surface area contributed by atoms with Gasteiger partial charge in [0.05, 0.1) is 12.2 Å². The molecule has 1 aliphatic rings. The zero-order chi connectivity index (χ0) is 24.9. The van der Waals surface area contributed by atoms with E-state index in [0.29, 0.717) is 21.1 Å². The van der Waals surface area contributed by atoms with Gasteiger partial charge >= 0.3 is 11.7 Å². The van der Waals surface area contributed by atoms with Gasteiger partial charge in [0.2, 0.25) is 5.91 Å². The van der Waals surface area contributed by atoms with Crippen LogP contribution in [-0.4, -0.2) is 45.7 Å². The normalized spacial score (nSPS) is 13.6. The summed E-state index contributed by atoms with van der Waals surface area (Å²) in [6.07, 6.45) is 4.69. The Bertz CT molecular complexity index is 1380. The summed E-state index contributed by atoms with van der Waals surface area (Å²) in [5.74, 6) is -0.989. The molecule has 1 amide bonds. The van der Waals surface area contributed by atoms with Crippen molar-refractivity contribution < 1.29 is 14.3 Å². The predicted octanol–water partition coefficient (Wildman–Crippen LogP) is 2.61. The highest BCUT2D eigenvalue weighted by Gasteiger charge is 2.22. The molecule has 0 bridgehead atoms. The molecular weight excluding hydrogens is 470 g/mol. The first-order valence-electron chi connectivity index (χ1n) is 11.5. The molecule has 11 heteroatoms. The number of allylic oxidation sites excluding steroid dienone is 1. The first kappa shape index (κ1) is 24.4. The lowest BCUT2D eigenvalue weighted by molar-refractivity contribution is -0.116. The van der Waals surface area contributed by atoms with Gasteiger partial charge in [0, 0.05) is 25.3 Å². The molecule has 10 nitrogen and oxygen atoms in total. The van der Waals surface area contributed by atoms with Crippen molar-refractivity contribution in [1.29, 1.82) is 0 Å². The number of rotatable bonds is 8. The van der Waals surface area contributed by atoms with E-state index in [2.05, 4.69) is 21.8 Å². The van der Waals surface area contributed by atoms with Crippen LogP contribution >= 0.6 is 11.3 Å². The van der Waals surface area contributed by atoms with Crippen molar-refractivity contribution in [2.24, 2.45) is 0 Å². The van der Waals surface area contributed by atoms with E-state index >= 15 is 0 Å². The van der Waals surface area contributed by atoms with Crippen LogP contribution in [0.4, 0.5) is 10.8 Å². The number of hydrogen-bond acceptors (Lipinski definition) is 8. The van der Waals surface area contributed by atoms with E-state index in [1.807, 2.05) is 0 Å². The number of anilines is 2. The number of piperidine rings is 1. The number of hydrogen-bond donors (Lipinski definition) is 1. The minimum Gasteiger partial charge on any atom is -0.462 e. The monoisotopic (exact) mass is 497 g/mol. The zero-order valence-electron chi connectivity index (χ0n) is 19.5. The number of thiazole rings is 1. The molecule has 1 N–H and O–H groups in total. The van der Waals surface area contributed by atoms with E-state index in [1.165, 1.54) is 28.0 Å². The Hall–Kier alpha value is -3.73. The van der Waals surface area contributed by atoms with Gasteiger partial charge in [-0.15, -0.1) is 6.58 Å². The number of esters is 1. The van der Waals surface area contributed by atoms with Gasteiger partial charge in [0.1, 0.15) is 11.2 Å². The Morgan fingerprint density at radius 3 is 2.69 bits per heavy atom. The number of nitrogens with one attached hydrogen (secondary N) is 1. The van der Waals surface area contributed by atoms with E-state index in [1.54, 1.807) is 25.1 Å². The Labute approximate surface area is 205 Å². The number of carbonyl (C=O) groups excluding carboxylic acids is 2. The van der Waals surface area contributed by atoms with Crippen molar-refractivity contribution in [2.45, 2.75) is 39.3 Å². The number of benzene rings is 1. The number of fused-ring (bicyclic) bond motifs is 1. The molecule has 35 heavy (non-hydrogen) atoms. The molecule has 1 aliphatic heterocycles. The van der Waals surface area contributed by atoms with Crippen molar-refractivity contribution in [3.63, 3.8) is 0 Å². The van der Waals surface area contributed by atoms with Gasteiger partial charge in [-0.1, -0.05) is 23.5 Å². The lowest BCUT2D eigenvalue weighted by Gasteiger charge is -2.25. The first-order valence-corrected chi connectivity index (χ1v) is 12.3. The Morgan fingerprint density at radius 1 is 1.20 bits per heavy atom. The van der Waals surface area contributed by atoms with Crippen molar-refractivity contribution in [3.05, 3.63) is 63.3 Å². The number of ether oxygens (including phenoxy) is 1. The van der Waals surface area contributed by atoms with Gasteiger partial charge in [-0.05, 0) is 44.4 Å². The molecule has 3 aromatic rings. The van der Waals surface area contributed by atoms with E-state index in [0.717, 1.165) is 36.9 Å². The highest BCUT2D eigenvalue weighted by Crippen LogP contribution is 2.28. The van der Waals surface area contributed by atoms with Crippen LogP contribution in [-0.2, 0) is 22.6 Å². The summed E-state index contributed by atoms with van der Waals surface area (Å²) in [5, 5.41) is 3.38. The molecule has 184 valence electrons.